The summed E-state index contributed by atoms with van der Waals surface area (Å²) < 4.78 is 38.3. The molecule has 0 aromatic heterocycles. The van der Waals surface area contributed by atoms with Gasteiger partial charge >= 0.3 is 6.18 Å². The molecule has 3 nitrogen and oxygen atoms in total. The first-order valence-electron chi connectivity index (χ1n) is 5.34. The molecule has 3 N–H and O–H groups in total. The lowest BCUT2D eigenvalue weighted by molar-refractivity contribution is -0.137. The molecule has 0 fully saturated rings. The van der Waals surface area contributed by atoms with E-state index in [4.69, 9.17) is 18.0 Å². The second kappa shape index (κ2) is 5.16. The van der Waals surface area contributed by atoms with Gasteiger partial charge in [0.05, 0.1) is 21.7 Å². The molecule has 1 aromatic carbocycles. The first kappa shape index (κ1) is 15.4. The number of hydrogen-bond donors (Lipinski definition) is 2. The number of anilines is 1. The third-order valence-corrected chi connectivity index (χ3v) is 3.17. The van der Waals surface area contributed by atoms with Crippen LogP contribution in [0.4, 0.5) is 18.9 Å². The van der Waals surface area contributed by atoms with Crippen molar-refractivity contribution < 1.29 is 18.0 Å². The Morgan fingerprint density at radius 3 is 2.26 bits per heavy atom. The van der Waals surface area contributed by atoms with E-state index in [1.165, 1.54) is 32.0 Å². The smallest absolute Gasteiger partial charge is 0.392 e. The van der Waals surface area contributed by atoms with Gasteiger partial charge in [-0.25, -0.2) is 0 Å². The van der Waals surface area contributed by atoms with Crippen LogP contribution in [0, 0.1) is 5.41 Å². The van der Waals surface area contributed by atoms with Crippen molar-refractivity contribution in [2.75, 3.05) is 5.32 Å². The second-order valence-corrected chi connectivity index (χ2v) is 4.93. The van der Waals surface area contributed by atoms with Gasteiger partial charge in [-0.3, -0.25) is 4.79 Å². The van der Waals surface area contributed by atoms with Crippen molar-refractivity contribution in [2.45, 2.75) is 20.0 Å². The molecule has 0 unspecified atom stereocenters. The summed E-state index contributed by atoms with van der Waals surface area (Å²) in [5, 5.41) is 2.21. The SMILES string of the molecule is CC(C)(C(=O)Nc1ccccc1C(F)(F)F)C(N)=S. The number of carbonyl (C=O) groups is 1. The van der Waals surface area contributed by atoms with Crippen LogP contribution in [0.5, 0.6) is 0 Å². The van der Waals surface area contributed by atoms with Crippen LogP contribution in [0.3, 0.4) is 0 Å². The van der Waals surface area contributed by atoms with Gasteiger partial charge in [0.25, 0.3) is 0 Å². The van der Waals surface area contributed by atoms with E-state index in [9.17, 15) is 18.0 Å². The number of rotatable bonds is 3. The molecule has 0 saturated carbocycles. The highest BCUT2D eigenvalue weighted by atomic mass is 32.1. The van der Waals surface area contributed by atoms with Crippen LogP contribution in [0.1, 0.15) is 19.4 Å². The van der Waals surface area contributed by atoms with E-state index in [0.717, 1.165) is 6.07 Å². The average molecular weight is 290 g/mol. The lowest BCUT2D eigenvalue weighted by Crippen LogP contribution is -2.41. The lowest BCUT2D eigenvalue weighted by atomic mass is 9.92. The largest absolute Gasteiger partial charge is 0.418 e. The quantitative estimate of drug-likeness (QED) is 0.842. The Balaban J connectivity index is 3.08. The molecule has 0 bridgehead atoms. The molecule has 0 atom stereocenters. The van der Waals surface area contributed by atoms with Crippen LogP contribution in [0.2, 0.25) is 0 Å². The number of benzene rings is 1. The summed E-state index contributed by atoms with van der Waals surface area (Å²) in [6, 6.07) is 4.72. The van der Waals surface area contributed by atoms with E-state index < -0.39 is 23.1 Å². The summed E-state index contributed by atoms with van der Waals surface area (Å²) in [6.07, 6.45) is -4.54. The van der Waals surface area contributed by atoms with Gasteiger partial charge in [-0.1, -0.05) is 24.4 Å². The monoisotopic (exact) mass is 290 g/mol. The number of alkyl halides is 3. The van der Waals surface area contributed by atoms with Crippen molar-refractivity contribution >= 4 is 28.8 Å². The fraction of sp³-hybridized carbons (Fsp3) is 0.333. The number of amides is 1. The highest BCUT2D eigenvalue weighted by molar-refractivity contribution is 7.80. The number of para-hydroxylation sites is 1. The van der Waals surface area contributed by atoms with E-state index in [2.05, 4.69) is 5.32 Å². The predicted molar refractivity (Wildman–Crippen MR) is 70.6 cm³/mol. The standard InChI is InChI=1S/C12H13F3N2OS/c1-11(2,9(16)19)10(18)17-8-6-4-3-5-7(8)12(13,14)15/h3-6H,1-2H3,(H2,16,19)(H,17,18). The maximum Gasteiger partial charge on any atom is 0.418 e. The first-order chi connectivity index (χ1) is 8.56. The molecule has 0 aliphatic rings. The summed E-state index contributed by atoms with van der Waals surface area (Å²) in [6.45, 7) is 2.89. The van der Waals surface area contributed by atoms with E-state index >= 15 is 0 Å². The van der Waals surface area contributed by atoms with Gasteiger partial charge < -0.3 is 11.1 Å². The molecule has 1 aromatic rings. The number of carbonyl (C=O) groups excluding carboxylic acids is 1. The first-order valence-corrected chi connectivity index (χ1v) is 5.75. The normalized spacial score (nSPS) is 12.1. The number of hydrogen-bond acceptors (Lipinski definition) is 2. The van der Waals surface area contributed by atoms with E-state index in [1.54, 1.807) is 0 Å². The Labute approximate surface area is 114 Å². The summed E-state index contributed by atoms with van der Waals surface area (Å²) in [7, 11) is 0. The number of thiocarbonyl (C=S) groups is 1. The zero-order chi connectivity index (χ0) is 14.8. The maximum atomic E-state index is 12.8. The van der Waals surface area contributed by atoms with E-state index in [1.807, 2.05) is 0 Å². The summed E-state index contributed by atoms with van der Waals surface area (Å²) in [5.41, 5.74) is 2.94. The Hall–Kier alpha value is -1.63. The lowest BCUT2D eigenvalue weighted by Gasteiger charge is -2.23. The van der Waals surface area contributed by atoms with Crippen LogP contribution < -0.4 is 11.1 Å². The molecule has 0 spiro atoms. The molecule has 0 aliphatic carbocycles. The van der Waals surface area contributed by atoms with Crippen molar-refractivity contribution in [2.24, 2.45) is 11.1 Å². The number of halogens is 3. The van der Waals surface area contributed by atoms with Crippen molar-refractivity contribution in [3.05, 3.63) is 29.8 Å². The highest BCUT2D eigenvalue weighted by Gasteiger charge is 2.36. The zero-order valence-electron chi connectivity index (χ0n) is 10.3. The second-order valence-electron chi connectivity index (χ2n) is 4.49. The van der Waals surface area contributed by atoms with Crippen LogP contribution >= 0.6 is 12.2 Å². The number of nitrogens with two attached hydrogens (primary N) is 1. The van der Waals surface area contributed by atoms with Gasteiger partial charge in [0.1, 0.15) is 0 Å². The Kier molecular flexibility index (Phi) is 4.19. The van der Waals surface area contributed by atoms with Crippen LogP contribution in [-0.4, -0.2) is 10.9 Å². The minimum atomic E-state index is -4.54. The molecule has 1 amide bonds. The van der Waals surface area contributed by atoms with Gasteiger partial charge in [0.15, 0.2) is 0 Å². The van der Waals surface area contributed by atoms with E-state index in [-0.39, 0.29) is 10.7 Å². The fourth-order valence-corrected chi connectivity index (χ4v) is 1.32. The highest BCUT2D eigenvalue weighted by Crippen LogP contribution is 2.35. The van der Waals surface area contributed by atoms with Gasteiger partial charge in [-0.15, -0.1) is 0 Å². The summed E-state index contributed by atoms with van der Waals surface area (Å²) >= 11 is 4.73. The molecule has 0 heterocycles. The molecule has 0 saturated heterocycles. The van der Waals surface area contributed by atoms with Crippen LogP contribution in [0.25, 0.3) is 0 Å². The van der Waals surface area contributed by atoms with E-state index in [0.29, 0.717) is 0 Å². The molecule has 0 radical (unpaired) electrons. The summed E-state index contributed by atoms with van der Waals surface area (Å²) in [4.78, 5) is 11.8. The van der Waals surface area contributed by atoms with Crippen LogP contribution in [0.15, 0.2) is 24.3 Å². The molecular formula is C12H13F3N2OS. The third kappa shape index (κ3) is 3.44. The molecule has 1 rings (SSSR count). The molecule has 0 aliphatic heterocycles. The Morgan fingerprint density at radius 1 is 1.26 bits per heavy atom. The van der Waals surface area contributed by atoms with Crippen molar-refractivity contribution in [1.82, 2.24) is 0 Å². The van der Waals surface area contributed by atoms with Crippen molar-refractivity contribution in [3.63, 3.8) is 0 Å². The minimum Gasteiger partial charge on any atom is -0.392 e. The maximum absolute atomic E-state index is 12.8. The predicted octanol–water partition coefficient (Wildman–Crippen LogP) is 2.96. The average Bonchev–Trinajstić information content (AvgIpc) is 2.27. The zero-order valence-corrected chi connectivity index (χ0v) is 11.2. The van der Waals surface area contributed by atoms with Gasteiger partial charge in [0, 0.05) is 0 Å². The Bertz CT molecular complexity index is 512. The van der Waals surface area contributed by atoms with Gasteiger partial charge in [0.2, 0.25) is 5.91 Å². The van der Waals surface area contributed by atoms with Crippen molar-refractivity contribution in [1.29, 1.82) is 0 Å². The molecule has 7 heteroatoms. The number of nitrogens with one attached hydrogen (secondary N) is 1. The minimum absolute atomic E-state index is 0.0884. The van der Waals surface area contributed by atoms with Crippen molar-refractivity contribution in [3.8, 4) is 0 Å². The Morgan fingerprint density at radius 2 is 1.79 bits per heavy atom. The van der Waals surface area contributed by atoms with Gasteiger partial charge in [-0.2, -0.15) is 13.2 Å². The third-order valence-electron chi connectivity index (χ3n) is 2.66. The fourth-order valence-electron chi connectivity index (χ4n) is 1.23. The molecule has 104 valence electrons. The molecule has 19 heavy (non-hydrogen) atoms. The van der Waals surface area contributed by atoms with Gasteiger partial charge in [-0.05, 0) is 26.0 Å². The summed E-state index contributed by atoms with van der Waals surface area (Å²) in [5.74, 6) is -0.684. The molecular weight excluding hydrogens is 277 g/mol. The topological polar surface area (TPSA) is 55.1 Å². The van der Waals surface area contributed by atoms with Crippen LogP contribution in [-0.2, 0) is 11.0 Å².